The largest absolute Gasteiger partial charge is 0.421 e. The van der Waals surface area contributed by atoms with Gasteiger partial charge in [-0.25, -0.2) is 13.2 Å². The number of fused-ring (bicyclic) bond motifs is 1. The Bertz CT molecular complexity index is 913. The third-order valence-electron chi connectivity index (χ3n) is 4.63. The van der Waals surface area contributed by atoms with Crippen molar-refractivity contribution in [2.75, 3.05) is 11.5 Å². The smallest absolute Gasteiger partial charge is 0.408 e. The highest BCUT2D eigenvalue weighted by molar-refractivity contribution is 7.91. The molecule has 0 spiro atoms. The van der Waals surface area contributed by atoms with Crippen LogP contribution in [-0.2, 0) is 16.5 Å². The zero-order valence-electron chi connectivity index (χ0n) is 12.4. The number of aromatic nitrogens is 1. The second kappa shape index (κ2) is 5.36. The van der Waals surface area contributed by atoms with Crippen LogP contribution in [0.25, 0.3) is 11.1 Å². The number of hydrogen-bond donors (Lipinski definition) is 0. The number of benzene rings is 1. The summed E-state index contributed by atoms with van der Waals surface area (Å²) in [7, 11) is -2.96. The summed E-state index contributed by atoms with van der Waals surface area (Å²) < 4.78 is 30.4. The summed E-state index contributed by atoms with van der Waals surface area (Å²) in [5.41, 5.74) is 1.14. The van der Waals surface area contributed by atoms with Gasteiger partial charge in [0.25, 0.3) is 0 Å². The molecule has 2 aromatic rings. The summed E-state index contributed by atoms with van der Waals surface area (Å²) in [6.45, 7) is 0.344. The van der Waals surface area contributed by atoms with Gasteiger partial charge in [0.15, 0.2) is 15.4 Å². The fourth-order valence-corrected chi connectivity index (χ4v) is 5.21. The lowest BCUT2D eigenvalue weighted by Gasteiger charge is -2.27. The quantitative estimate of drug-likeness (QED) is 0.836. The molecule has 8 heteroatoms. The van der Waals surface area contributed by atoms with E-state index < -0.39 is 15.6 Å². The minimum Gasteiger partial charge on any atom is -0.408 e. The number of oxazole rings is 1. The molecule has 2 heterocycles. The second-order valence-corrected chi connectivity index (χ2v) is 9.02. The van der Waals surface area contributed by atoms with Crippen LogP contribution in [-0.4, -0.2) is 41.5 Å². The van der Waals surface area contributed by atoms with E-state index in [0.29, 0.717) is 35.3 Å². The molecule has 23 heavy (non-hydrogen) atoms. The summed E-state index contributed by atoms with van der Waals surface area (Å²) in [6, 6.07) is 5.39. The molecule has 0 radical (unpaired) electrons. The fourth-order valence-electron chi connectivity index (χ4n) is 3.30. The van der Waals surface area contributed by atoms with Crippen molar-refractivity contribution in [1.82, 2.24) is 9.47 Å². The zero-order chi connectivity index (χ0) is 16.2. The lowest BCUT2D eigenvalue weighted by atomic mass is 10.2. The second-order valence-electron chi connectivity index (χ2n) is 6.35. The number of halogens is 1. The summed E-state index contributed by atoms with van der Waals surface area (Å²) in [5, 5.41) is 0.536. The van der Waals surface area contributed by atoms with Crippen LogP contribution in [0.5, 0.6) is 0 Å². The van der Waals surface area contributed by atoms with E-state index in [9.17, 15) is 13.2 Å². The summed E-state index contributed by atoms with van der Waals surface area (Å²) in [6.07, 6.45) is 2.72. The molecule has 1 aliphatic carbocycles. The normalized spacial score (nSPS) is 23.8. The van der Waals surface area contributed by atoms with E-state index in [1.54, 1.807) is 22.8 Å². The number of hydrogen-bond acceptors (Lipinski definition) is 5. The molecule has 0 unspecified atom stereocenters. The van der Waals surface area contributed by atoms with Gasteiger partial charge < -0.3 is 4.42 Å². The molecule has 4 rings (SSSR count). The molecular weight excluding hydrogens is 340 g/mol. The average Bonchev–Trinajstić information content (AvgIpc) is 3.19. The van der Waals surface area contributed by atoms with Gasteiger partial charge in [-0.1, -0.05) is 11.6 Å². The fraction of sp³-hybridized carbons (Fsp3) is 0.533. The first-order valence-electron chi connectivity index (χ1n) is 7.68. The first-order chi connectivity index (χ1) is 10.9. The highest BCUT2D eigenvalue weighted by Crippen LogP contribution is 2.33. The Labute approximate surface area is 138 Å². The molecule has 1 aliphatic heterocycles. The molecule has 2 fully saturated rings. The average molecular weight is 357 g/mol. The van der Waals surface area contributed by atoms with Crippen molar-refractivity contribution in [3.8, 4) is 0 Å². The van der Waals surface area contributed by atoms with Crippen LogP contribution in [0.2, 0.25) is 5.02 Å². The molecular formula is C15H17ClN2O4S. The van der Waals surface area contributed by atoms with Gasteiger partial charge in [0, 0.05) is 17.1 Å². The van der Waals surface area contributed by atoms with Crippen LogP contribution in [0.15, 0.2) is 27.4 Å². The van der Waals surface area contributed by atoms with Gasteiger partial charge in [-0.05, 0) is 37.5 Å². The highest BCUT2D eigenvalue weighted by atomic mass is 35.5. The highest BCUT2D eigenvalue weighted by Gasteiger charge is 2.40. The SMILES string of the molecule is O=c1oc2ccc(Cl)cc2n1CN(C1CC1)[C@@H]1CCS(=O)(=O)C1. The van der Waals surface area contributed by atoms with Crippen molar-refractivity contribution < 1.29 is 12.8 Å². The predicted octanol–water partition coefficient (Wildman–Crippen LogP) is 1.86. The molecule has 2 aliphatic rings. The number of nitrogens with zero attached hydrogens (tertiary/aromatic N) is 2. The van der Waals surface area contributed by atoms with E-state index in [4.69, 9.17) is 16.0 Å². The van der Waals surface area contributed by atoms with Crippen molar-refractivity contribution in [3.05, 3.63) is 33.8 Å². The Morgan fingerprint density at radius 2 is 2.04 bits per heavy atom. The Balaban J connectivity index is 1.69. The molecule has 1 saturated heterocycles. The van der Waals surface area contributed by atoms with Crippen molar-refractivity contribution in [1.29, 1.82) is 0 Å². The lowest BCUT2D eigenvalue weighted by Crippen LogP contribution is -2.41. The Morgan fingerprint density at radius 1 is 1.26 bits per heavy atom. The van der Waals surface area contributed by atoms with E-state index in [1.807, 2.05) is 0 Å². The Hall–Kier alpha value is -1.31. The van der Waals surface area contributed by atoms with Gasteiger partial charge in [-0.15, -0.1) is 0 Å². The van der Waals surface area contributed by atoms with E-state index in [1.165, 1.54) is 0 Å². The maximum absolute atomic E-state index is 12.2. The molecule has 1 saturated carbocycles. The molecule has 0 N–H and O–H groups in total. The molecule has 1 atom stereocenters. The third kappa shape index (κ3) is 2.93. The van der Waals surface area contributed by atoms with E-state index in [0.717, 1.165) is 12.8 Å². The van der Waals surface area contributed by atoms with Crippen molar-refractivity contribution in [2.45, 2.75) is 38.0 Å². The maximum atomic E-state index is 12.2. The topological polar surface area (TPSA) is 72.5 Å². The zero-order valence-corrected chi connectivity index (χ0v) is 14.0. The minimum atomic E-state index is -2.96. The molecule has 6 nitrogen and oxygen atoms in total. The van der Waals surface area contributed by atoms with Crippen LogP contribution < -0.4 is 5.76 Å². The molecule has 1 aromatic carbocycles. The molecule has 1 aromatic heterocycles. The van der Waals surface area contributed by atoms with Gasteiger partial charge in [0.1, 0.15) is 0 Å². The monoisotopic (exact) mass is 356 g/mol. The predicted molar refractivity (Wildman–Crippen MR) is 87.4 cm³/mol. The standard InChI is InChI=1S/C15H17ClN2O4S/c16-10-1-4-14-13(7-10)18(15(19)22-14)9-17(11-2-3-11)12-5-6-23(20,21)8-12/h1,4,7,11-12H,2-3,5-6,8-9H2/t12-/m1/s1. The summed E-state index contributed by atoms with van der Waals surface area (Å²) >= 11 is 6.03. The molecule has 0 bridgehead atoms. The van der Waals surface area contributed by atoms with Gasteiger partial charge in [-0.3, -0.25) is 9.47 Å². The first kappa shape index (κ1) is 15.2. The minimum absolute atomic E-state index is 0.0245. The van der Waals surface area contributed by atoms with Crippen LogP contribution >= 0.6 is 11.6 Å². The van der Waals surface area contributed by atoms with Crippen LogP contribution in [0.3, 0.4) is 0 Å². The maximum Gasteiger partial charge on any atom is 0.421 e. The van der Waals surface area contributed by atoms with Crippen molar-refractivity contribution >= 4 is 32.5 Å². The van der Waals surface area contributed by atoms with Crippen LogP contribution in [0, 0.1) is 0 Å². The summed E-state index contributed by atoms with van der Waals surface area (Å²) in [5.74, 6) is -0.0310. The number of sulfone groups is 1. The van der Waals surface area contributed by atoms with Gasteiger partial charge in [0.2, 0.25) is 0 Å². The van der Waals surface area contributed by atoms with E-state index in [-0.39, 0.29) is 17.5 Å². The van der Waals surface area contributed by atoms with Crippen molar-refractivity contribution in [2.24, 2.45) is 0 Å². The van der Waals surface area contributed by atoms with Crippen molar-refractivity contribution in [3.63, 3.8) is 0 Å². The van der Waals surface area contributed by atoms with E-state index >= 15 is 0 Å². The van der Waals surface area contributed by atoms with Gasteiger partial charge >= 0.3 is 5.76 Å². The Morgan fingerprint density at radius 3 is 2.70 bits per heavy atom. The van der Waals surface area contributed by atoms with Crippen LogP contribution in [0.1, 0.15) is 19.3 Å². The molecule has 0 amide bonds. The lowest BCUT2D eigenvalue weighted by molar-refractivity contribution is 0.152. The summed E-state index contributed by atoms with van der Waals surface area (Å²) in [4.78, 5) is 14.3. The third-order valence-corrected chi connectivity index (χ3v) is 6.61. The van der Waals surface area contributed by atoms with Crippen LogP contribution in [0.4, 0.5) is 0 Å². The van der Waals surface area contributed by atoms with Gasteiger partial charge in [-0.2, -0.15) is 0 Å². The molecule has 124 valence electrons. The van der Waals surface area contributed by atoms with E-state index in [2.05, 4.69) is 4.90 Å². The van der Waals surface area contributed by atoms with Gasteiger partial charge in [0.05, 0.1) is 23.7 Å². The first-order valence-corrected chi connectivity index (χ1v) is 9.88. The number of rotatable bonds is 4. The Kier molecular flexibility index (Phi) is 3.55.